The molecule has 2 amide bonds. The van der Waals surface area contributed by atoms with Crippen LogP contribution in [-0.2, 0) is 5.41 Å². The van der Waals surface area contributed by atoms with Crippen molar-refractivity contribution in [2.75, 3.05) is 19.7 Å². The maximum atomic E-state index is 15.5. The monoisotopic (exact) mass is 553 g/mol. The maximum absolute atomic E-state index is 15.5. The van der Waals surface area contributed by atoms with Gasteiger partial charge in [-0.25, -0.2) is 13.6 Å². The number of carbonyl (C=O) groups excluding carboxylic acids is 1. The second kappa shape index (κ2) is 11.5. The first-order valence-corrected chi connectivity index (χ1v) is 12.8. The Hall–Kier alpha value is -2.44. The molecule has 1 heterocycles. The number of rotatable bonds is 7. The van der Waals surface area contributed by atoms with Crippen molar-refractivity contribution in [2.45, 2.75) is 51.2 Å². The van der Waals surface area contributed by atoms with Crippen molar-refractivity contribution in [2.24, 2.45) is 11.3 Å². The highest BCUT2D eigenvalue weighted by atomic mass is 35.5. The predicted octanol–water partition coefficient (Wildman–Crippen LogP) is 5.60. The van der Waals surface area contributed by atoms with Crippen molar-refractivity contribution in [1.82, 2.24) is 10.2 Å². The first-order chi connectivity index (χ1) is 17.4. The van der Waals surface area contributed by atoms with Crippen LogP contribution in [0.5, 0.6) is 0 Å². The number of nitrogens with one attached hydrogen (secondary N) is 1. The number of aliphatic hydroxyl groups is 2. The largest absolute Gasteiger partial charge is 0.394 e. The molecule has 0 aromatic heterocycles. The lowest BCUT2D eigenvalue weighted by molar-refractivity contribution is 0.0881. The van der Waals surface area contributed by atoms with Gasteiger partial charge >= 0.3 is 6.03 Å². The van der Waals surface area contributed by atoms with E-state index in [9.17, 15) is 15.2 Å². The molecule has 4 atom stereocenters. The lowest BCUT2D eigenvalue weighted by Gasteiger charge is -2.38. The van der Waals surface area contributed by atoms with E-state index in [2.05, 4.69) is 11.4 Å². The van der Waals surface area contributed by atoms with Gasteiger partial charge in [-0.15, -0.1) is 0 Å². The quantitative estimate of drug-likeness (QED) is 0.416. The molecule has 4 unspecified atom stereocenters. The lowest BCUT2D eigenvalue weighted by atomic mass is 9.63. The molecule has 0 bridgehead atoms. The predicted molar refractivity (Wildman–Crippen MR) is 138 cm³/mol. The van der Waals surface area contributed by atoms with E-state index >= 15 is 8.78 Å². The molecule has 3 rings (SSSR count). The Labute approximate surface area is 225 Å². The number of halogens is 4. The van der Waals surface area contributed by atoms with E-state index in [1.807, 2.05) is 20.8 Å². The van der Waals surface area contributed by atoms with E-state index in [1.165, 1.54) is 35.2 Å². The molecule has 3 N–H and O–H groups in total. The summed E-state index contributed by atoms with van der Waals surface area (Å²) in [6, 6.07) is 8.79. The van der Waals surface area contributed by atoms with E-state index in [4.69, 9.17) is 28.3 Å². The molecule has 0 aliphatic carbocycles. The fourth-order valence-electron chi connectivity index (χ4n) is 5.21. The first kappa shape index (κ1) is 29.1. The average molecular weight is 554 g/mol. The Morgan fingerprint density at radius 2 is 2.00 bits per heavy atom. The maximum Gasteiger partial charge on any atom is 0.317 e. The van der Waals surface area contributed by atoms with Gasteiger partial charge in [0.1, 0.15) is 17.0 Å². The molecule has 2 aromatic carbocycles. The van der Waals surface area contributed by atoms with Crippen molar-refractivity contribution in [3.8, 4) is 6.07 Å². The van der Waals surface area contributed by atoms with Crippen molar-refractivity contribution in [1.29, 1.82) is 5.26 Å². The molecule has 1 fully saturated rings. The standard InChI is InChI=1S/C27H31Cl2F2N3O3/c1-26(2,3)12-16-13-34(25(37)33-10-9-18(36)14-35)24(19-5-4-6-21(29)23(19)31)27(16,15-32)20-8-7-17(28)11-22(20)30/h4-8,11,16,18,24,35-36H,9-10,12-14H2,1-3H3,(H,33,37). The molecule has 2 aromatic rings. The van der Waals surface area contributed by atoms with E-state index < -0.39 is 47.8 Å². The summed E-state index contributed by atoms with van der Waals surface area (Å²) in [5.41, 5.74) is -1.98. The number of hydrogen-bond donors (Lipinski definition) is 3. The van der Waals surface area contributed by atoms with Crippen LogP contribution >= 0.6 is 23.2 Å². The minimum absolute atomic E-state index is 0.00893. The summed E-state index contributed by atoms with van der Waals surface area (Å²) in [4.78, 5) is 14.8. The Bertz CT molecular complexity index is 1180. The highest BCUT2D eigenvalue weighted by Gasteiger charge is 2.60. The van der Waals surface area contributed by atoms with Crippen LogP contribution in [0.1, 0.15) is 50.8 Å². The van der Waals surface area contributed by atoms with Gasteiger partial charge in [0.2, 0.25) is 0 Å². The van der Waals surface area contributed by atoms with Crippen LogP contribution in [0, 0.1) is 34.3 Å². The smallest absolute Gasteiger partial charge is 0.317 e. The normalized spacial score (nSPS) is 22.5. The summed E-state index contributed by atoms with van der Waals surface area (Å²) in [6.45, 7) is 5.53. The second-order valence-corrected chi connectivity index (χ2v) is 11.5. The summed E-state index contributed by atoms with van der Waals surface area (Å²) in [5.74, 6) is -2.10. The molecular formula is C27H31Cl2F2N3O3. The minimum Gasteiger partial charge on any atom is -0.394 e. The third-order valence-electron chi connectivity index (χ3n) is 6.73. The van der Waals surface area contributed by atoms with Crippen molar-refractivity contribution in [3.05, 3.63) is 69.2 Å². The zero-order valence-corrected chi connectivity index (χ0v) is 22.5. The van der Waals surface area contributed by atoms with Crippen LogP contribution < -0.4 is 5.32 Å². The molecule has 6 nitrogen and oxygen atoms in total. The van der Waals surface area contributed by atoms with Gasteiger partial charge in [0, 0.05) is 35.2 Å². The summed E-state index contributed by atoms with van der Waals surface area (Å²) in [6.07, 6.45) is -0.503. The molecule has 0 radical (unpaired) electrons. The summed E-state index contributed by atoms with van der Waals surface area (Å²) in [7, 11) is 0. The first-order valence-electron chi connectivity index (χ1n) is 12.0. The SMILES string of the molecule is CC(C)(C)CC1CN(C(=O)NCCC(O)CO)C(c2cccc(Cl)c2F)C1(C#N)c1ccc(Cl)cc1F. The van der Waals surface area contributed by atoms with Crippen LogP contribution in [0.15, 0.2) is 36.4 Å². The number of carbonyl (C=O) groups is 1. The topological polar surface area (TPSA) is 96.6 Å². The van der Waals surface area contributed by atoms with Gasteiger partial charge in [0.25, 0.3) is 0 Å². The third kappa shape index (κ3) is 6.01. The number of amides is 2. The van der Waals surface area contributed by atoms with E-state index in [0.717, 1.165) is 6.07 Å². The van der Waals surface area contributed by atoms with Crippen LogP contribution in [0.4, 0.5) is 13.6 Å². The zero-order valence-electron chi connectivity index (χ0n) is 20.9. The molecule has 200 valence electrons. The van der Waals surface area contributed by atoms with Gasteiger partial charge in [-0.05, 0) is 36.5 Å². The molecule has 10 heteroatoms. The number of likely N-dealkylation sites (tertiary alicyclic amines) is 1. The number of nitrogens with zero attached hydrogens (tertiary/aromatic N) is 2. The Morgan fingerprint density at radius 1 is 1.30 bits per heavy atom. The highest BCUT2D eigenvalue weighted by molar-refractivity contribution is 6.31. The number of aliphatic hydroxyl groups excluding tert-OH is 2. The molecule has 0 saturated carbocycles. The number of hydrogen-bond acceptors (Lipinski definition) is 4. The minimum atomic E-state index is -1.67. The van der Waals surface area contributed by atoms with Gasteiger partial charge < -0.3 is 20.4 Å². The average Bonchev–Trinajstić information content (AvgIpc) is 3.13. The fraction of sp³-hybridized carbons (Fsp3) is 0.481. The summed E-state index contributed by atoms with van der Waals surface area (Å²) < 4.78 is 31.1. The van der Waals surface area contributed by atoms with Crippen LogP contribution in [0.25, 0.3) is 0 Å². The third-order valence-corrected chi connectivity index (χ3v) is 7.25. The van der Waals surface area contributed by atoms with Crippen LogP contribution in [0.3, 0.4) is 0 Å². The second-order valence-electron chi connectivity index (χ2n) is 10.6. The zero-order chi connectivity index (χ0) is 27.5. The Morgan fingerprint density at radius 3 is 2.59 bits per heavy atom. The van der Waals surface area contributed by atoms with E-state index in [1.54, 1.807) is 0 Å². The lowest BCUT2D eigenvalue weighted by Crippen LogP contribution is -2.44. The number of nitriles is 1. The van der Waals surface area contributed by atoms with Gasteiger partial charge in [0.05, 0.1) is 29.8 Å². The molecule has 1 saturated heterocycles. The van der Waals surface area contributed by atoms with Gasteiger partial charge in [-0.1, -0.05) is 62.2 Å². The molecule has 0 spiro atoms. The van der Waals surface area contributed by atoms with E-state index in [-0.39, 0.29) is 46.1 Å². The van der Waals surface area contributed by atoms with E-state index in [0.29, 0.717) is 6.42 Å². The Kier molecular flexibility index (Phi) is 9.07. The summed E-state index contributed by atoms with van der Waals surface area (Å²) in [5, 5.41) is 32.1. The van der Waals surface area contributed by atoms with Gasteiger partial charge in [0.15, 0.2) is 0 Å². The Balaban J connectivity index is 2.24. The van der Waals surface area contributed by atoms with Crippen LogP contribution in [-0.4, -0.2) is 46.9 Å². The van der Waals surface area contributed by atoms with Gasteiger partial charge in [-0.2, -0.15) is 5.26 Å². The van der Waals surface area contributed by atoms with Crippen molar-refractivity contribution < 1.29 is 23.8 Å². The van der Waals surface area contributed by atoms with Crippen LogP contribution in [0.2, 0.25) is 10.0 Å². The molecule has 37 heavy (non-hydrogen) atoms. The summed E-state index contributed by atoms with van der Waals surface area (Å²) >= 11 is 12.1. The van der Waals surface area contributed by atoms with Crippen molar-refractivity contribution >= 4 is 29.2 Å². The molecule has 1 aliphatic rings. The number of benzene rings is 2. The molecular weight excluding hydrogens is 523 g/mol. The molecule has 1 aliphatic heterocycles. The fourth-order valence-corrected chi connectivity index (χ4v) is 5.55. The highest BCUT2D eigenvalue weighted by Crippen LogP contribution is 2.56. The number of urea groups is 1. The van der Waals surface area contributed by atoms with Crippen molar-refractivity contribution in [3.63, 3.8) is 0 Å². The van der Waals surface area contributed by atoms with Gasteiger partial charge in [-0.3, -0.25) is 0 Å².